The standard InChI is InChI=1S/C12H26IN/c1-7-11(3,4)12(8-2,9-10-14)13(5)6/h5-10,14H2,1-4H3. The Labute approximate surface area is 95.8 Å². The maximum atomic E-state index is 5.75. The molecule has 1 nitrogen and oxygen atoms in total. The molecule has 0 aromatic carbocycles. The minimum absolute atomic E-state index is 0.343. The van der Waals surface area contributed by atoms with E-state index < -0.39 is 18.9 Å². The van der Waals surface area contributed by atoms with Crippen molar-refractivity contribution in [3.8, 4) is 0 Å². The molecule has 1 atom stereocenters. The fourth-order valence-corrected chi connectivity index (χ4v) is 6.82. The zero-order chi connectivity index (χ0) is 11.4. The molecule has 0 saturated carbocycles. The molecule has 0 aromatic rings. The van der Waals surface area contributed by atoms with Gasteiger partial charge >= 0.3 is 0 Å². The number of nitrogens with two attached hydrogens (primary N) is 1. The summed E-state index contributed by atoms with van der Waals surface area (Å²) in [6, 6.07) is 0. The molecule has 0 radical (unpaired) electrons. The number of halogens is 1. The molecule has 0 heterocycles. The van der Waals surface area contributed by atoms with Crippen LogP contribution in [0.3, 0.4) is 0 Å². The lowest BCUT2D eigenvalue weighted by atomic mass is 9.73. The van der Waals surface area contributed by atoms with Gasteiger partial charge in [-0.25, -0.2) is 0 Å². The summed E-state index contributed by atoms with van der Waals surface area (Å²) in [7, 11) is 0. The maximum absolute atomic E-state index is 5.75. The van der Waals surface area contributed by atoms with Crippen LogP contribution < -0.4 is 5.73 Å². The van der Waals surface area contributed by atoms with Crippen LogP contribution in [-0.2, 0) is 0 Å². The second kappa shape index (κ2) is 5.50. The molecule has 0 aliphatic carbocycles. The summed E-state index contributed by atoms with van der Waals surface area (Å²) in [5.74, 6) is 0. The van der Waals surface area contributed by atoms with Crippen molar-refractivity contribution in [2.75, 3.05) is 6.54 Å². The van der Waals surface area contributed by atoms with Gasteiger partial charge in [-0.2, -0.15) is 18.9 Å². The molecule has 0 aromatic heterocycles. The molecule has 0 rings (SSSR count). The van der Waals surface area contributed by atoms with Gasteiger partial charge in [0.05, 0.1) is 0 Å². The second-order valence-electron chi connectivity index (χ2n) is 4.55. The van der Waals surface area contributed by atoms with Gasteiger partial charge in [-0.1, -0.05) is 36.7 Å². The Balaban J connectivity index is 5.23. The largest absolute Gasteiger partial charge is 0.330 e. The molecule has 2 N–H and O–H groups in total. The first kappa shape index (κ1) is 14.4. The highest BCUT2D eigenvalue weighted by Crippen LogP contribution is 2.51. The summed E-state index contributed by atoms with van der Waals surface area (Å²) in [5.41, 5.74) is 6.09. The molecule has 0 aliphatic rings. The highest BCUT2D eigenvalue weighted by molar-refractivity contribution is 14.2. The molecular formula is C12H26IN. The predicted molar refractivity (Wildman–Crippen MR) is 79.0 cm³/mol. The van der Waals surface area contributed by atoms with Gasteiger partial charge in [0.2, 0.25) is 0 Å². The van der Waals surface area contributed by atoms with Gasteiger partial charge in [-0.3, -0.25) is 0 Å². The molecule has 0 spiro atoms. The van der Waals surface area contributed by atoms with Gasteiger partial charge in [0.25, 0.3) is 0 Å². The van der Waals surface area contributed by atoms with Gasteiger partial charge in [-0.15, -0.1) is 0 Å². The van der Waals surface area contributed by atoms with Crippen molar-refractivity contribution in [2.24, 2.45) is 11.1 Å². The molecule has 86 valence electrons. The average Bonchev–Trinajstić information content (AvgIpc) is 2.13. The lowest BCUT2D eigenvalue weighted by Gasteiger charge is -2.45. The molecule has 0 aliphatic heterocycles. The van der Waals surface area contributed by atoms with Gasteiger partial charge in [0.15, 0.2) is 0 Å². The Morgan fingerprint density at radius 3 is 1.86 bits per heavy atom. The first-order valence-corrected chi connectivity index (χ1v) is 9.49. The molecule has 0 bridgehead atoms. The highest BCUT2D eigenvalue weighted by Gasteiger charge is 2.40. The van der Waals surface area contributed by atoms with Crippen molar-refractivity contribution < 1.29 is 0 Å². The monoisotopic (exact) mass is 311 g/mol. The van der Waals surface area contributed by atoms with E-state index in [-0.39, 0.29) is 0 Å². The van der Waals surface area contributed by atoms with Crippen molar-refractivity contribution in [2.45, 2.75) is 50.4 Å². The van der Waals surface area contributed by atoms with Gasteiger partial charge in [-0.05, 0) is 31.2 Å². The topological polar surface area (TPSA) is 26.0 Å². The van der Waals surface area contributed by atoms with E-state index in [1.807, 2.05) is 0 Å². The van der Waals surface area contributed by atoms with Gasteiger partial charge in [0.1, 0.15) is 0 Å². The quantitative estimate of drug-likeness (QED) is 0.591. The van der Waals surface area contributed by atoms with Crippen LogP contribution >= 0.6 is 18.9 Å². The minimum Gasteiger partial charge on any atom is -0.330 e. The smallest absolute Gasteiger partial charge is 0.0184 e. The molecular weight excluding hydrogens is 285 g/mol. The Bertz CT molecular complexity index is 233. The lowest BCUT2D eigenvalue weighted by molar-refractivity contribution is 0.239. The van der Waals surface area contributed by atoms with Crippen LogP contribution in [0.25, 0.3) is 0 Å². The Morgan fingerprint density at radius 2 is 1.64 bits per heavy atom. The maximum Gasteiger partial charge on any atom is 0.0184 e. The summed E-state index contributed by atoms with van der Waals surface area (Å²) in [6.07, 6.45) is 3.48. The van der Waals surface area contributed by atoms with Crippen LogP contribution in [0.5, 0.6) is 0 Å². The Morgan fingerprint density at radius 1 is 1.14 bits per heavy atom. The highest BCUT2D eigenvalue weighted by atomic mass is 127. The SMILES string of the molecule is C=I(=C)C(CC)(CCN)C(C)(C)CC. The van der Waals surface area contributed by atoms with Crippen LogP contribution in [0.15, 0.2) is 0 Å². The molecule has 1 unspecified atom stereocenters. The zero-order valence-corrected chi connectivity index (χ0v) is 12.4. The van der Waals surface area contributed by atoms with E-state index in [0.29, 0.717) is 8.84 Å². The lowest BCUT2D eigenvalue weighted by Crippen LogP contribution is -2.41. The van der Waals surface area contributed by atoms with Crippen molar-refractivity contribution in [3.63, 3.8) is 0 Å². The molecule has 0 saturated heterocycles. The molecule has 0 fully saturated rings. The Hall–Kier alpha value is 0.430. The molecule has 2 heteroatoms. The number of hydrogen-bond donors (Lipinski definition) is 1. The number of hydrogen-bond acceptors (Lipinski definition) is 1. The molecule has 0 amide bonds. The third-order valence-electron chi connectivity index (χ3n) is 3.71. The minimum atomic E-state index is -1.34. The van der Waals surface area contributed by atoms with E-state index in [1.54, 1.807) is 0 Å². The first-order valence-electron chi connectivity index (χ1n) is 5.36. The van der Waals surface area contributed by atoms with Gasteiger partial charge in [0, 0.05) is 3.42 Å². The van der Waals surface area contributed by atoms with Crippen LogP contribution in [0, 0.1) is 5.41 Å². The van der Waals surface area contributed by atoms with E-state index in [2.05, 4.69) is 36.7 Å². The summed E-state index contributed by atoms with van der Waals surface area (Å²) in [5, 5.41) is 0. The summed E-state index contributed by atoms with van der Waals surface area (Å²) in [6.45, 7) is 10.0. The van der Waals surface area contributed by atoms with Crippen LogP contribution in [0.4, 0.5) is 0 Å². The average molecular weight is 311 g/mol. The van der Waals surface area contributed by atoms with E-state index >= 15 is 0 Å². The third-order valence-corrected chi connectivity index (χ3v) is 9.39. The predicted octanol–water partition coefficient (Wildman–Crippen LogP) is 3.29. The van der Waals surface area contributed by atoms with Crippen molar-refractivity contribution in [3.05, 3.63) is 0 Å². The summed E-state index contributed by atoms with van der Waals surface area (Å²) < 4.78 is 8.96. The number of rotatable bonds is 6. The summed E-state index contributed by atoms with van der Waals surface area (Å²) >= 11 is -1.34. The fourth-order valence-electron chi connectivity index (χ4n) is 2.22. The third kappa shape index (κ3) is 2.51. The normalized spacial score (nSPS) is 17.0. The van der Waals surface area contributed by atoms with E-state index in [9.17, 15) is 0 Å². The van der Waals surface area contributed by atoms with Crippen LogP contribution in [0.1, 0.15) is 47.0 Å². The van der Waals surface area contributed by atoms with E-state index in [1.165, 1.54) is 12.8 Å². The van der Waals surface area contributed by atoms with Gasteiger partial charge < -0.3 is 5.73 Å². The molecule has 14 heavy (non-hydrogen) atoms. The second-order valence-corrected chi connectivity index (χ2v) is 9.22. The zero-order valence-electron chi connectivity index (χ0n) is 10.2. The summed E-state index contributed by atoms with van der Waals surface area (Å²) in [4.78, 5) is 0. The first-order chi connectivity index (χ1) is 6.38. The number of alkyl halides is 1. The fraction of sp³-hybridized carbons (Fsp3) is 0.833. The van der Waals surface area contributed by atoms with Crippen molar-refractivity contribution in [1.82, 2.24) is 0 Å². The van der Waals surface area contributed by atoms with E-state index in [0.717, 1.165) is 13.0 Å². The van der Waals surface area contributed by atoms with E-state index in [4.69, 9.17) is 5.73 Å². The van der Waals surface area contributed by atoms with Crippen LogP contribution in [0.2, 0.25) is 0 Å². The van der Waals surface area contributed by atoms with Crippen molar-refractivity contribution in [1.29, 1.82) is 0 Å². The van der Waals surface area contributed by atoms with Crippen molar-refractivity contribution >= 4 is 27.9 Å². The Kier molecular flexibility index (Phi) is 5.67. The van der Waals surface area contributed by atoms with Crippen LogP contribution in [-0.4, -0.2) is 19.0 Å².